The SMILES string of the molecule is C[C@@H]1CNCCN1Cc1cccc(C(=O)O)c1. The summed E-state index contributed by atoms with van der Waals surface area (Å²) >= 11 is 0. The van der Waals surface area contributed by atoms with Crippen molar-refractivity contribution in [3.05, 3.63) is 35.4 Å². The van der Waals surface area contributed by atoms with E-state index in [-0.39, 0.29) is 0 Å². The van der Waals surface area contributed by atoms with Crippen LogP contribution in [0.4, 0.5) is 0 Å². The molecule has 17 heavy (non-hydrogen) atoms. The summed E-state index contributed by atoms with van der Waals surface area (Å²) in [7, 11) is 0. The maximum absolute atomic E-state index is 10.9. The van der Waals surface area contributed by atoms with Gasteiger partial charge in [0.25, 0.3) is 0 Å². The van der Waals surface area contributed by atoms with E-state index in [0.717, 1.165) is 31.7 Å². The lowest BCUT2D eigenvalue weighted by atomic mass is 10.1. The maximum atomic E-state index is 10.9. The standard InChI is InChI=1S/C13H18N2O2/c1-10-8-14-5-6-15(10)9-11-3-2-4-12(7-11)13(16)17/h2-4,7,10,14H,5-6,8-9H2,1H3,(H,16,17)/t10-/m1/s1. The third-order valence-corrected chi connectivity index (χ3v) is 3.20. The second-order valence-corrected chi connectivity index (χ2v) is 4.53. The Bertz CT molecular complexity index is 406. The van der Waals surface area contributed by atoms with Gasteiger partial charge in [-0.1, -0.05) is 12.1 Å². The molecule has 1 aliphatic heterocycles. The monoisotopic (exact) mass is 234 g/mol. The fourth-order valence-electron chi connectivity index (χ4n) is 2.16. The molecule has 0 amide bonds. The van der Waals surface area contributed by atoms with Crippen molar-refractivity contribution in [1.82, 2.24) is 10.2 Å². The molecule has 1 aliphatic rings. The Morgan fingerprint density at radius 3 is 3.12 bits per heavy atom. The topological polar surface area (TPSA) is 52.6 Å². The van der Waals surface area contributed by atoms with Crippen molar-refractivity contribution in [2.75, 3.05) is 19.6 Å². The predicted octanol–water partition coefficient (Wildman–Crippen LogP) is 1.18. The minimum Gasteiger partial charge on any atom is -0.478 e. The number of hydrogen-bond donors (Lipinski definition) is 2. The summed E-state index contributed by atoms with van der Waals surface area (Å²) < 4.78 is 0. The molecule has 0 spiro atoms. The number of nitrogens with zero attached hydrogens (tertiary/aromatic N) is 1. The van der Waals surface area contributed by atoms with Crippen LogP contribution in [0.1, 0.15) is 22.8 Å². The van der Waals surface area contributed by atoms with Gasteiger partial charge < -0.3 is 10.4 Å². The number of piperazine rings is 1. The lowest BCUT2D eigenvalue weighted by molar-refractivity contribution is 0.0696. The van der Waals surface area contributed by atoms with Crippen LogP contribution in [-0.2, 0) is 6.54 Å². The first-order valence-corrected chi connectivity index (χ1v) is 5.94. The Morgan fingerprint density at radius 2 is 2.41 bits per heavy atom. The summed E-state index contributed by atoms with van der Waals surface area (Å²) in [5, 5.41) is 12.3. The van der Waals surface area contributed by atoms with Crippen LogP contribution in [0.25, 0.3) is 0 Å². The normalized spacial score (nSPS) is 21.4. The van der Waals surface area contributed by atoms with Crippen LogP contribution in [0.3, 0.4) is 0 Å². The van der Waals surface area contributed by atoms with E-state index in [2.05, 4.69) is 17.1 Å². The highest BCUT2D eigenvalue weighted by molar-refractivity contribution is 5.87. The van der Waals surface area contributed by atoms with Crippen LogP contribution in [0.2, 0.25) is 0 Å². The van der Waals surface area contributed by atoms with Crippen molar-refractivity contribution in [1.29, 1.82) is 0 Å². The van der Waals surface area contributed by atoms with Crippen molar-refractivity contribution < 1.29 is 9.90 Å². The molecule has 0 radical (unpaired) electrons. The van der Waals surface area contributed by atoms with E-state index in [1.165, 1.54) is 0 Å². The summed E-state index contributed by atoms with van der Waals surface area (Å²) in [6.07, 6.45) is 0. The molecule has 0 aliphatic carbocycles. The van der Waals surface area contributed by atoms with Gasteiger partial charge in [0.2, 0.25) is 0 Å². The number of carboxylic acids is 1. The summed E-state index contributed by atoms with van der Waals surface area (Å²) in [6, 6.07) is 7.69. The minimum atomic E-state index is -0.861. The molecule has 0 saturated carbocycles. The van der Waals surface area contributed by atoms with Gasteiger partial charge in [-0.2, -0.15) is 0 Å². The third-order valence-electron chi connectivity index (χ3n) is 3.20. The molecule has 2 N–H and O–H groups in total. The fraction of sp³-hybridized carbons (Fsp3) is 0.462. The molecule has 1 aromatic carbocycles. The Balaban J connectivity index is 2.07. The molecule has 92 valence electrons. The zero-order valence-corrected chi connectivity index (χ0v) is 10.0. The second kappa shape index (κ2) is 5.29. The van der Waals surface area contributed by atoms with E-state index in [1.807, 2.05) is 12.1 Å². The van der Waals surface area contributed by atoms with Gasteiger partial charge in [0.05, 0.1) is 5.56 Å². The number of hydrogen-bond acceptors (Lipinski definition) is 3. The van der Waals surface area contributed by atoms with Gasteiger partial charge in [-0.25, -0.2) is 4.79 Å². The number of nitrogens with one attached hydrogen (secondary N) is 1. The van der Waals surface area contributed by atoms with Crippen LogP contribution < -0.4 is 5.32 Å². The number of aromatic carboxylic acids is 1. The van der Waals surface area contributed by atoms with E-state index in [1.54, 1.807) is 12.1 Å². The van der Waals surface area contributed by atoms with Crippen molar-refractivity contribution in [3.63, 3.8) is 0 Å². The average Bonchev–Trinajstić information content (AvgIpc) is 2.32. The zero-order chi connectivity index (χ0) is 12.3. The molecule has 1 fully saturated rings. The van der Waals surface area contributed by atoms with Crippen molar-refractivity contribution in [3.8, 4) is 0 Å². The highest BCUT2D eigenvalue weighted by Crippen LogP contribution is 2.12. The summed E-state index contributed by atoms with van der Waals surface area (Å²) in [5.74, 6) is -0.861. The van der Waals surface area contributed by atoms with Gasteiger partial charge in [0.15, 0.2) is 0 Å². The Morgan fingerprint density at radius 1 is 1.59 bits per heavy atom. The second-order valence-electron chi connectivity index (χ2n) is 4.53. The lowest BCUT2D eigenvalue weighted by Gasteiger charge is -2.33. The van der Waals surface area contributed by atoms with Crippen LogP contribution in [0, 0.1) is 0 Å². The molecule has 1 atom stereocenters. The van der Waals surface area contributed by atoms with Crippen LogP contribution >= 0.6 is 0 Å². The Hall–Kier alpha value is -1.39. The molecule has 1 heterocycles. The van der Waals surface area contributed by atoms with Gasteiger partial charge in [-0.3, -0.25) is 4.90 Å². The Kier molecular flexibility index (Phi) is 3.76. The van der Waals surface area contributed by atoms with Gasteiger partial charge in [-0.15, -0.1) is 0 Å². The molecule has 0 bridgehead atoms. The first-order chi connectivity index (χ1) is 8.16. The van der Waals surface area contributed by atoms with E-state index in [0.29, 0.717) is 11.6 Å². The largest absolute Gasteiger partial charge is 0.478 e. The molecular formula is C13H18N2O2. The van der Waals surface area contributed by atoms with Crippen LogP contribution in [0.15, 0.2) is 24.3 Å². The molecule has 0 aromatic heterocycles. The molecule has 4 heteroatoms. The van der Waals surface area contributed by atoms with Crippen molar-refractivity contribution in [2.24, 2.45) is 0 Å². The molecule has 4 nitrogen and oxygen atoms in total. The van der Waals surface area contributed by atoms with Crippen LogP contribution in [0.5, 0.6) is 0 Å². The average molecular weight is 234 g/mol. The highest BCUT2D eigenvalue weighted by Gasteiger charge is 2.17. The van der Waals surface area contributed by atoms with E-state index in [4.69, 9.17) is 5.11 Å². The van der Waals surface area contributed by atoms with E-state index < -0.39 is 5.97 Å². The molecule has 1 aromatic rings. The van der Waals surface area contributed by atoms with Gasteiger partial charge in [0.1, 0.15) is 0 Å². The lowest BCUT2D eigenvalue weighted by Crippen LogP contribution is -2.49. The highest BCUT2D eigenvalue weighted by atomic mass is 16.4. The number of carboxylic acid groups (broad SMARTS) is 1. The van der Waals surface area contributed by atoms with E-state index >= 15 is 0 Å². The zero-order valence-electron chi connectivity index (χ0n) is 10.0. The quantitative estimate of drug-likeness (QED) is 0.824. The van der Waals surface area contributed by atoms with Gasteiger partial charge in [0, 0.05) is 32.2 Å². The number of benzene rings is 1. The summed E-state index contributed by atoms with van der Waals surface area (Å²) in [6.45, 7) is 6.03. The molecule has 0 unspecified atom stereocenters. The van der Waals surface area contributed by atoms with Crippen molar-refractivity contribution >= 4 is 5.97 Å². The summed E-state index contributed by atoms with van der Waals surface area (Å²) in [4.78, 5) is 13.3. The summed E-state index contributed by atoms with van der Waals surface area (Å²) in [5.41, 5.74) is 1.43. The Labute approximate surface area is 101 Å². The third kappa shape index (κ3) is 3.05. The number of rotatable bonds is 3. The van der Waals surface area contributed by atoms with E-state index in [9.17, 15) is 4.79 Å². The smallest absolute Gasteiger partial charge is 0.335 e. The van der Waals surface area contributed by atoms with Crippen LogP contribution in [-0.4, -0.2) is 41.7 Å². The van der Waals surface area contributed by atoms with Crippen molar-refractivity contribution in [2.45, 2.75) is 19.5 Å². The number of carbonyl (C=O) groups is 1. The molecular weight excluding hydrogens is 216 g/mol. The first kappa shape index (κ1) is 12.1. The maximum Gasteiger partial charge on any atom is 0.335 e. The first-order valence-electron chi connectivity index (χ1n) is 5.94. The van der Waals surface area contributed by atoms with Gasteiger partial charge >= 0.3 is 5.97 Å². The molecule has 1 saturated heterocycles. The predicted molar refractivity (Wildman–Crippen MR) is 66.1 cm³/mol. The van der Waals surface area contributed by atoms with Gasteiger partial charge in [-0.05, 0) is 24.6 Å². The molecule has 2 rings (SSSR count). The minimum absolute atomic E-state index is 0.366. The fourth-order valence-corrected chi connectivity index (χ4v) is 2.16.